The molecular formula is C16H30N4O3S. The second-order valence-corrected chi connectivity index (χ2v) is 8.61. The molecule has 0 saturated carbocycles. The van der Waals surface area contributed by atoms with Crippen LogP contribution in [-0.4, -0.2) is 83.3 Å². The van der Waals surface area contributed by atoms with Crippen molar-refractivity contribution in [3.05, 3.63) is 11.4 Å². The Bertz CT molecular complexity index is 609. The third kappa shape index (κ3) is 5.81. The normalized spacial score (nSPS) is 21.5. The van der Waals surface area contributed by atoms with Crippen molar-refractivity contribution in [2.24, 2.45) is 9.98 Å². The molecule has 138 valence electrons. The van der Waals surface area contributed by atoms with E-state index in [1.165, 1.54) is 6.26 Å². The van der Waals surface area contributed by atoms with E-state index >= 15 is 0 Å². The largest absolute Gasteiger partial charge is 0.468 e. The highest BCUT2D eigenvalue weighted by molar-refractivity contribution is 7.91. The van der Waals surface area contributed by atoms with E-state index in [1.807, 2.05) is 25.9 Å². The quantitative estimate of drug-likeness (QED) is 0.561. The molecule has 0 bridgehead atoms. The highest BCUT2D eigenvalue weighted by atomic mass is 32.2. The molecule has 1 rings (SSSR count). The maximum Gasteiger partial charge on any atom is 0.293 e. The summed E-state index contributed by atoms with van der Waals surface area (Å²) in [5.74, 6) is 0.710. The Kier molecular flexibility index (Phi) is 7.72. The molecule has 8 heteroatoms. The van der Waals surface area contributed by atoms with E-state index in [9.17, 15) is 8.42 Å². The Balaban J connectivity index is 3.30. The third-order valence-electron chi connectivity index (χ3n) is 3.98. The first-order valence-corrected chi connectivity index (χ1v) is 10.0. The predicted octanol–water partition coefficient (Wildman–Crippen LogP) is 1.38. The summed E-state index contributed by atoms with van der Waals surface area (Å²) in [4.78, 5) is 12.5. The van der Waals surface area contributed by atoms with Gasteiger partial charge in [0.2, 0.25) is 0 Å². The minimum Gasteiger partial charge on any atom is -0.468 e. The molecule has 1 aliphatic heterocycles. The maximum atomic E-state index is 12.1. The minimum atomic E-state index is -3.09. The Morgan fingerprint density at radius 3 is 2.50 bits per heavy atom. The lowest BCUT2D eigenvalue weighted by Gasteiger charge is -2.27. The van der Waals surface area contributed by atoms with Crippen LogP contribution in [-0.2, 0) is 14.6 Å². The highest BCUT2D eigenvalue weighted by Gasteiger charge is 2.28. The zero-order chi connectivity index (χ0) is 18.3. The van der Waals surface area contributed by atoms with Gasteiger partial charge in [0, 0.05) is 52.3 Å². The molecular weight excluding hydrogens is 328 g/mol. The molecule has 0 N–H and O–H groups in total. The van der Waals surface area contributed by atoms with E-state index < -0.39 is 9.84 Å². The van der Waals surface area contributed by atoms with E-state index in [1.54, 1.807) is 25.3 Å². The summed E-state index contributed by atoms with van der Waals surface area (Å²) in [6, 6.07) is 0.467. The van der Waals surface area contributed by atoms with Gasteiger partial charge in [-0.3, -0.25) is 4.99 Å². The Morgan fingerprint density at radius 1 is 1.33 bits per heavy atom. The summed E-state index contributed by atoms with van der Waals surface area (Å²) in [5.41, 5.74) is 0.878. The van der Waals surface area contributed by atoms with Gasteiger partial charge in [0.1, 0.15) is 5.82 Å². The van der Waals surface area contributed by atoms with Gasteiger partial charge >= 0.3 is 0 Å². The lowest BCUT2D eigenvalue weighted by Crippen LogP contribution is -2.36. The number of hydrogen-bond acceptors (Lipinski definition) is 6. The Hall–Kier alpha value is -1.57. The van der Waals surface area contributed by atoms with Crippen LogP contribution in [0, 0.1) is 0 Å². The van der Waals surface area contributed by atoms with Gasteiger partial charge in [-0.1, -0.05) is 6.42 Å². The average Bonchev–Trinajstić information content (AvgIpc) is 2.73. The molecule has 0 spiro atoms. The van der Waals surface area contributed by atoms with Crippen LogP contribution in [0.4, 0.5) is 0 Å². The SMILES string of the molecule is CN=C/C(C)=C(/N=C(OC)N(C)C)N1CCCCC(S(C)(=O)=O)C1. The summed E-state index contributed by atoms with van der Waals surface area (Å²) in [7, 11) is 3.89. The van der Waals surface area contributed by atoms with Crippen LogP contribution in [0.5, 0.6) is 0 Å². The lowest BCUT2D eigenvalue weighted by atomic mass is 10.2. The number of ether oxygens (including phenoxy) is 1. The number of nitrogens with zero attached hydrogens (tertiary/aromatic N) is 4. The van der Waals surface area contributed by atoms with E-state index in [-0.39, 0.29) is 5.25 Å². The predicted molar refractivity (Wildman–Crippen MR) is 99.3 cm³/mol. The standard InChI is InChI=1S/C16H30N4O3S/c1-13(11-17-2)15(18-16(23-5)19(3)4)20-10-8-7-9-14(12-20)24(6,21)22/h11,14H,7-10,12H2,1-6H3/b15-13-,17-11?,18-16?. The second kappa shape index (κ2) is 9.05. The van der Waals surface area contributed by atoms with Crippen LogP contribution in [0.1, 0.15) is 26.2 Å². The van der Waals surface area contributed by atoms with Gasteiger partial charge < -0.3 is 14.5 Å². The molecule has 1 aliphatic rings. The number of methoxy groups -OCH3 is 1. The van der Waals surface area contributed by atoms with Crippen molar-refractivity contribution in [3.8, 4) is 0 Å². The lowest BCUT2D eigenvalue weighted by molar-refractivity contribution is 0.315. The number of hydrogen-bond donors (Lipinski definition) is 0. The minimum absolute atomic E-state index is 0.373. The van der Waals surface area contributed by atoms with Crippen LogP contribution in [0.25, 0.3) is 0 Å². The van der Waals surface area contributed by atoms with Gasteiger partial charge in [-0.25, -0.2) is 8.42 Å². The third-order valence-corrected chi connectivity index (χ3v) is 5.57. The smallest absolute Gasteiger partial charge is 0.293 e. The zero-order valence-corrected chi connectivity index (χ0v) is 16.4. The Labute approximate surface area is 146 Å². The molecule has 1 fully saturated rings. The fourth-order valence-electron chi connectivity index (χ4n) is 2.72. The van der Waals surface area contributed by atoms with Crippen molar-refractivity contribution < 1.29 is 13.2 Å². The molecule has 7 nitrogen and oxygen atoms in total. The van der Waals surface area contributed by atoms with Crippen LogP contribution in [0.3, 0.4) is 0 Å². The van der Waals surface area contributed by atoms with Crippen LogP contribution < -0.4 is 0 Å². The number of sulfone groups is 1. The molecule has 1 saturated heterocycles. The van der Waals surface area contributed by atoms with E-state index in [2.05, 4.69) is 9.98 Å². The first-order chi connectivity index (χ1) is 11.2. The number of rotatable bonds is 4. The van der Waals surface area contributed by atoms with Crippen LogP contribution in [0.15, 0.2) is 21.4 Å². The molecule has 0 aromatic rings. The van der Waals surface area contributed by atoms with Gasteiger partial charge in [0.25, 0.3) is 6.02 Å². The molecule has 0 aromatic carbocycles. The topological polar surface area (TPSA) is 74.6 Å². The van der Waals surface area contributed by atoms with Crippen molar-refractivity contribution in [1.82, 2.24) is 9.80 Å². The first-order valence-electron chi connectivity index (χ1n) is 8.07. The first kappa shape index (κ1) is 20.5. The molecule has 1 atom stereocenters. The van der Waals surface area contributed by atoms with Crippen molar-refractivity contribution in [2.75, 3.05) is 47.6 Å². The molecule has 1 heterocycles. The van der Waals surface area contributed by atoms with Gasteiger partial charge in [0.05, 0.1) is 12.4 Å². The van der Waals surface area contributed by atoms with Crippen molar-refractivity contribution in [3.63, 3.8) is 0 Å². The Morgan fingerprint density at radius 2 is 2.00 bits per heavy atom. The van der Waals surface area contributed by atoms with Crippen molar-refractivity contribution in [2.45, 2.75) is 31.4 Å². The van der Waals surface area contributed by atoms with Crippen molar-refractivity contribution >= 4 is 22.1 Å². The van der Waals surface area contributed by atoms with Gasteiger partial charge in [-0.15, -0.1) is 0 Å². The second-order valence-electron chi connectivity index (χ2n) is 6.28. The molecule has 0 aromatic heterocycles. The number of aliphatic imine (C=N–C) groups is 2. The van der Waals surface area contributed by atoms with E-state index in [0.717, 1.165) is 25.0 Å². The molecule has 24 heavy (non-hydrogen) atoms. The fourth-order valence-corrected chi connectivity index (χ4v) is 3.77. The van der Waals surface area contributed by atoms with Crippen LogP contribution in [0.2, 0.25) is 0 Å². The molecule has 1 unspecified atom stereocenters. The summed E-state index contributed by atoms with van der Waals surface area (Å²) in [5, 5.41) is -0.373. The van der Waals surface area contributed by atoms with Gasteiger partial charge in [-0.2, -0.15) is 4.99 Å². The summed E-state index contributed by atoms with van der Waals surface area (Å²) < 4.78 is 29.4. The van der Waals surface area contributed by atoms with E-state index in [0.29, 0.717) is 24.8 Å². The number of allylic oxidation sites excluding steroid dienone is 1. The molecule has 0 radical (unpaired) electrons. The fraction of sp³-hybridized carbons (Fsp3) is 0.750. The maximum absolute atomic E-state index is 12.1. The molecule has 0 amide bonds. The van der Waals surface area contributed by atoms with E-state index in [4.69, 9.17) is 4.74 Å². The van der Waals surface area contributed by atoms with Crippen LogP contribution >= 0.6 is 0 Å². The monoisotopic (exact) mass is 358 g/mol. The van der Waals surface area contributed by atoms with Crippen molar-refractivity contribution in [1.29, 1.82) is 0 Å². The van der Waals surface area contributed by atoms with Gasteiger partial charge in [0.15, 0.2) is 9.84 Å². The average molecular weight is 359 g/mol. The number of likely N-dealkylation sites (tertiary alicyclic amines) is 1. The highest BCUT2D eigenvalue weighted by Crippen LogP contribution is 2.22. The number of amidine groups is 1. The summed E-state index contributed by atoms with van der Waals surface area (Å²) in [6.45, 7) is 3.14. The zero-order valence-electron chi connectivity index (χ0n) is 15.6. The molecule has 0 aliphatic carbocycles. The summed E-state index contributed by atoms with van der Waals surface area (Å²) >= 11 is 0. The summed E-state index contributed by atoms with van der Waals surface area (Å²) in [6.07, 6.45) is 5.58. The van der Waals surface area contributed by atoms with Gasteiger partial charge in [-0.05, 0) is 19.8 Å².